The first kappa shape index (κ1) is 46.9. The predicted molar refractivity (Wildman–Crippen MR) is 331 cm³/mol. The number of para-hydroxylation sites is 6. The maximum atomic E-state index is 10.6. The summed E-state index contributed by atoms with van der Waals surface area (Å²) in [6.07, 6.45) is 0. The first-order valence-corrected chi connectivity index (χ1v) is 27.4. The molecule has 0 radical (unpaired) electrons. The molecule has 0 saturated carbocycles. The molecular formula is C74H52N6. The third kappa shape index (κ3) is 6.70. The van der Waals surface area contributed by atoms with Gasteiger partial charge in [-0.3, -0.25) is 0 Å². The molecule has 0 saturated heterocycles. The Kier molecular flexibility index (Phi) is 10.3. The summed E-state index contributed by atoms with van der Waals surface area (Å²) in [5.74, 6) is 0. The second kappa shape index (κ2) is 17.6. The summed E-state index contributed by atoms with van der Waals surface area (Å²) < 4.78 is 4.87. The van der Waals surface area contributed by atoms with Gasteiger partial charge in [-0.25, -0.2) is 4.85 Å². The van der Waals surface area contributed by atoms with Gasteiger partial charge in [0.15, 0.2) is 5.69 Å². The van der Waals surface area contributed by atoms with E-state index in [9.17, 15) is 5.26 Å². The normalized spacial score (nSPS) is 13.9. The standard InChI is InChI=1S/C74H52N6/c1-73(2)57-26-8-14-32-63(57)77(64-33-15-9-27-58(64)73)51-36-40-53(41-37-51)79-62-31-13-7-25-56(62)70-68(49-22-19-23-50(45-49)76-5)72-69(67(71(70)79)48-21-18-20-47(44-48)46-75)55-24-6-12-30-61(55)80(72)54-42-38-52(39-43-54)78-65-34-16-10-28-59(65)74(3,4)60-29-11-17-35-66(60)78/h6-45H,1-4H3. The van der Waals surface area contributed by atoms with Gasteiger partial charge in [-0.2, -0.15) is 5.26 Å². The van der Waals surface area contributed by atoms with Crippen LogP contribution in [0.5, 0.6) is 0 Å². The summed E-state index contributed by atoms with van der Waals surface area (Å²) in [4.78, 5) is 8.83. The van der Waals surface area contributed by atoms with E-state index in [0.29, 0.717) is 11.3 Å². The molecule has 378 valence electrons. The van der Waals surface area contributed by atoms with Gasteiger partial charge < -0.3 is 18.9 Å². The highest BCUT2D eigenvalue weighted by atomic mass is 15.2. The van der Waals surface area contributed by atoms with Gasteiger partial charge in [0.05, 0.1) is 63.0 Å². The van der Waals surface area contributed by atoms with Gasteiger partial charge >= 0.3 is 0 Å². The van der Waals surface area contributed by atoms with E-state index in [1.165, 1.54) is 45.0 Å². The number of hydrogen-bond donors (Lipinski definition) is 0. The Labute approximate surface area is 465 Å². The van der Waals surface area contributed by atoms with E-state index in [4.69, 9.17) is 6.57 Å². The lowest BCUT2D eigenvalue weighted by Gasteiger charge is -2.42. The fourth-order valence-electron chi connectivity index (χ4n) is 13.7. The van der Waals surface area contributed by atoms with Gasteiger partial charge in [-0.1, -0.05) is 167 Å². The van der Waals surface area contributed by atoms with E-state index >= 15 is 0 Å². The topological polar surface area (TPSA) is 44.5 Å². The lowest BCUT2D eigenvalue weighted by molar-refractivity contribution is 0.632. The predicted octanol–water partition coefficient (Wildman–Crippen LogP) is 19.9. The van der Waals surface area contributed by atoms with Crippen molar-refractivity contribution in [2.75, 3.05) is 9.80 Å². The number of nitriles is 1. The zero-order valence-corrected chi connectivity index (χ0v) is 44.8. The number of aromatic nitrogens is 2. The summed E-state index contributed by atoms with van der Waals surface area (Å²) in [5, 5.41) is 14.9. The Morgan fingerprint density at radius 2 is 0.750 bits per heavy atom. The highest BCUT2D eigenvalue weighted by Crippen LogP contribution is 2.56. The van der Waals surface area contributed by atoms with Gasteiger partial charge in [0.2, 0.25) is 0 Å². The van der Waals surface area contributed by atoms with Crippen LogP contribution in [-0.2, 0) is 10.8 Å². The molecule has 0 atom stereocenters. The lowest BCUT2D eigenvalue weighted by atomic mass is 9.73. The van der Waals surface area contributed by atoms with E-state index in [1.54, 1.807) is 0 Å². The van der Waals surface area contributed by atoms with Crippen molar-refractivity contribution in [2.24, 2.45) is 0 Å². The fraction of sp³-hybridized carbons (Fsp3) is 0.0811. The molecule has 2 aliphatic rings. The number of hydrogen-bond acceptors (Lipinski definition) is 3. The average molecular weight is 1030 g/mol. The largest absolute Gasteiger partial charge is 0.310 e. The number of anilines is 6. The Bertz CT molecular complexity index is 4400. The van der Waals surface area contributed by atoms with Crippen LogP contribution < -0.4 is 9.80 Å². The van der Waals surface area contributed by atoms with Gasteiger partial charge in [0.25, 0.3) is 0 Å². The van der Waals surface area contributed by atoms with Crippen LogP contribution in [-0.4, -0.2) is 9.13 Å². The first-order valence-electron chi connectivity index (χ1n) is 27.4. The summed E-state index contributed by atoms with van der Waals surface area (Å²) in [6.45, 7) is 17.6. The molecule has 0 bridgehead atoms. The van der Waals surface area contributed by atoms with Crippen molar-refractivity contribution < 1.29 is 0 Å². The quantitative estimate of drug-likeness (QED) is 0.156. The van der Waals surface area contributed by atoms with Gasteiger partial charge in [0, 0.05) is 66.3 Å². The SMILES string of the molecule is [C-]#[N+]c1cccc(-c2c3c4ccccc4n(-c4ccc(N5c6ccccc6C(C)(C)c6ccccc65)cc4)c3c(-c3cccc(C#N)c3)c3c4ccccc4n(-c4ccc(N5c6ccccc6C(C)(C)c6ccccc65)cc4)c23)c1. The Balaban J connectivity index is 1.03. The van der Waals surface area contributed by atoms with Crippen molar-refractivity contribution in [2.45, 2.75) is 38.5 Å². The van der Waals surface area contributed by atoms with Crippen molar-refractivity contribution in [3.05, 3.63) is 282 Å². The molecule has 13 aromatic rings. The number of fused-ring (bicyclic) bond motifs is 10. The highest BCUT2D eigenvalue weighted by molar-refractivity contribution is 6.33. The van der Waals surface area contributed by atoms with E-state index in [-0.39, 0.29) is 10.8 Å². The van der Waals surface area contributed by atoms with Crippen molar-refractivity contribution in [1.82, 2.24) is 9.13 Å². The number of rotatable bonds is 6. The van der Waals surface area contributed by atoms with Crippen LogP contribution in [0.4, 0.5) is 39.8 Å². The molecule has 2 aromatic heterocycles. The van der Waals surface area contributed by atoms with Gasteiger partial charge in [-0.05, 0) is 137 Å². The van der Waals surface area contributed by atoms with Crippen LogP contribution in [0.3, 0.4) is 0 Å². The van der Waals surface area contributed by atoms with Gasteiger partial charge in [0.1, 0.15) is 0 Å². The van der Waals surface area contributed by atoms with Gasteiger partial charge in [-0.15, -0.1) is 0 Å². The maximum Gasteiger partial charge on any atom is 0.187 e. The van der Waals surface area contributed by atoms with Crippen LogP contribution in [0.25, 0.3) is 82.1 Å². The van der Waals surface area contributed by atoms with Crippen molar-refractivity contribution in [1.29, 1.82) is 5.26 Å². The first-order chi connectivity index (χ1) is 39.1. The highest BCUT2D eigenvalue weighted by Gasteiger charge is 2.38. The summed E-state index contributed by atoms with van der Waals surface area (Å²) in [7, 11) is 0. The molecule has 0 unspecified atom stereocenters. The monoisotopic (exact) mass is 1020 g/mol. The molecule has 0 fully saturated rings. The minimum atomic E-state index is -0.180. The van der Waals surface area contributed by atoms with Crippen LogP contribution in [0.1, 0.15) is 55.5 Å². The molecule has 80 heavy (non-hydrogen) atoms. The van der Waals surface area contributed by atoms with E-state index in [0.717, 1.165) is 88.6 Å². The molecular weight excluding hydrogens is 973 g/mol. The molecule has 4 heterocycles. The zero-order valence-electron chi connectivity index (χ0n) is 44.8. The van der Waals surface area contributed by atoms with E-state index in [2.05, 4.69) is 264 Å². The second-order valence-electron chi connectivity index (χ2n) is 22.3. The Morgan fingerprint density at radius 1 is 0.388 bits per heavy atom. The molecule has 6 heteroatoms. The van der Waals surface area contributed by atoms with Crippen molar-refractivity contribution in [3.63, 3.8) is 0 Å². The molecule has 11 aromatic carbocycles. The molecule has 0 N–H and O–H groups in total. The number of benzene rings is 11. The minimum Gasteiger partial charge on any atom is -0.310 e. The third-order valence-electron chi connectivity index (χ3n) is 17.3. The van der Waals surface area contributed by atoms with Crippen LogP contribution in [0, 0.1) is 17.9 Å². The van der Waals surface area contributed by atoms with Crippen molar-refractivity contribution in [3.8, 4) is 39.7 Å². The molecule has 15 rings (SSSR count). The maximum absolute atomic E-state index is 10.6. The minimum absolute atomic E-state index is 0.180. The van der Waals surface area contributed by atoms with Crippen molar-refractivity contribution >= 4 is 83.4 Å². The molecule has 0 spiro atoms. The van der Waals surface area contributed by atoms with E-state index < -0.39 is 0 Å². The van der Waals surface area contributed by atoms with Crippen LogP contribution in [0.2, 0.25) is 0 Å². The van der Waals surface area contributed by atoms with Crippen LogP contribution >= 0.6 is 0 Å². The van der Waals surface area contributed by atoms with E-state index in [1.807, 2.05) is 36.4 Å². The summed E-state index contributed by atoms with van der Waals surface area (Å²) >= 11 is 0. The summed E-state index contributed by atoms with van der Waals surface area (Å²) in [5.41, 5.74) is 22.8. The number of nitrogens with zero attached hydrogens (tertiary/aromatic N) is 6. The zero-order chi connectivity index (χ0) is 54.0. The summed E-state index contributed by atoms with van der Waals surface area (Å²) in [6, 6.07) is 89.4. The average Bonchev–Trinajstić information content (AvgIpc) is 3.33. The molecule has 0 aliphatic carbocycles. The Hall–Kier alpha value is -10.4. The fourth-order valence-corrected chi connectivity index (χ4v) is 13.7. The third-order valence-corrected chi connectivity index (χ3v) is 17.3. The second-order valence-corrected chi connectivity index (χ2v) is 22.3. The van der Waals surface area contributed by atoms with Crippen LogP contribution in [0.15, 0.2) is 243 Å². The molecule has 0 amide bonds. The lowest BCUT2D eigenvalue weighted by Crippen LogP contribution is -2.30. The molecule has 6 nitrogen and oxygen atoms in total. The molecule has 2 aliphatic heterocycles. The smallest absolute Gasteiger partial charge is 0.187 e. The Morgan fingerprint density at radius 3 is 1.16 bits per heavy atom.